The largest absolute Gasteiger partial charge is 0.497 e. The van der Waals surface area contributed by atoms with Crippen molar-refractivity contribution in [3.8, 4) is 5.75 Å². The van der Waals surface area contributed by atoms with E-state index in [-0.39, 0.29) is 0 Å². The average molecular weight is 276 g/mol. The first-order valence-electron chi connectivity index (χ1n) is 6.34. The fraction of sp³-hybridized carbons (Fsp3) is 0.333. The van der Waals surface area contributed by atoms with E-state index in [1.165, 1.54) is 4.88 Å². The van der Waals surface area contributed by atoms with Crippen LogP contribution in [0.2, 0.25) is 0 Å². The highest BCUT2D eigenvalue weighted by Crippen LogP contribution is 2.31. The van der Waals surface area contributed by atoms with Crippen molar-refractivity contribution in [1.29, 1.82) is 0 Å². The SMILES string of the molecule is COc1ccc(N)c(N(Cc2cccs2)C(C)C)c1. The molecule has 0 fully saturated rings. The van der Waals surface area contributed by atoms with Crippen LogP contribution < -0.4 is 15.4 Å². The van der Waals surface area contributed by atoms with Crippen molar-refractivity contribution in [1.82, 2.24) is 0 Å². The first-order valence-corrected chi connectivity index (χ1v) is 7.22. The maximum absolute atomic E-state index is 6.12. The van der Waals surface area contributed by atoms with Crippen LogP contribution in [0.15, 0.2) is 35.7 Å². The van der Waals surface area contributed by atoms with Gasteiger partial charge in [0.15, 0.2) is 0 Å². The van der Waals surface area contributed by atoms with Crippen molar-refractivity contribution < 1.29 is 4.74 Å². The molecule has 1 aromatic carbocycles. The normalized spacial score (nSPS) is 10.7. The van der Waals surface area contributed by atoms with Crippen LogP contribution in [0.4, 0.5) is 11.4 Å². The third kappa shape index (κ3) is 3.20. The number of anilines is 2. The number of benzene rings is 1. The van der Waals surface area contributed by atoms with Gasteiger partial charge in [-0.25, -0.2) is 0 Å². The summed E-state index contributed by atoms with van der Waals surface area (Å²) in [5, 5.41) is 2.10. The summed E-state index contributed by atoms with van der Waals surface area (Å²) < 4.78 is 5.30. The summed E-state index contributed by atoms with van der Waals surface area (Å²) in [5.41, 5.74) is 7.93. The van der Waals surface area contributed by atoms with Gasteiger partial charge in [0.1, 0.15) is 5.75 Å². The van der Waals surface area contributed by atoms with Crippen molar-refractivity contribution >= 4 is 22.7 Å². The van der Waals surface area contributed by atoms with Gasteiger partial charge in [0.25, 0.3) is 0 Å². The van der Waals surface area contributed by atoms with E-state index >= 15 is 0 Å². The second kappa shape index (κ2) is 5.97. The Labute approximate surface area is 118 Å². The van der Waals surface area contributed by atoms with Gasteiger partial charge in [-0.05, 0) is 37.4 Å². The second-order valence-electron chi connectivity index (χ2n) is 4.73. The molecule has 0 aliphatic rings. The van der Waals surface area contributed by atoms with E-state index in [4.69, 9.17) is 10.5 Å². The Morgan fingerprint density at radius 2 is 2.11 bits per heavy atom. The topological polar surface area (TPSA) is 38.5 Å². The number of nitrogens with zero attached hydrogens (tertiary/aromatic N) is 1. The monoisotopic (exact) mass is 276 g/mol. The van der Waals surface area contributed by atoms with E-state index < -0.39 is 0 Å². The van der Waals surface area contributed by atoms with Gasteiger partial charge in [-0.3, -0.25) is 0 Å². The summed E-state index contributed by atoms with van der Waals surface area (Å²) in [6.45, 7) is 5.21. The molecule has 0 unspecified atom stereocenters. The lowest BCUT2D eigenvalue weighted by Crippen LogP contribution is -2.30. The third-order valence-electron chi connectivity index (χ3n) is 3.08. The van der Waals surface area contributed by atoms with Crippen LogP contribution in [-0.4, -0.2) is 13.2 Å². The highest BCUT2D eigenvalue weighted by atomic mass is 32.1. The lowest BCUT2D eigenvalue weighted by molar-refractivity contribution is 0.414. The molecule has 1 aromatic heterocycles. The highest BCUT2D eigenvalue weighted by Gasteiger charge is 2.15. The number of methoxy groups -OCH3 is 1. The molecule has 0 bridgehead atoms. The highest BCUT2D eigenvalue weighted by molar-refractivity contribution is 7.09. The summed E-state index contributed by atoms with van der Waals surface area (Å²) in [4.78, 5) is 3.62. The van der Waals surface area contributed by atoms with Gasteiger partial charge in [-0.15, -0.1) is 11.3 Å². The number of ether oxygens (including phenoxy) is 1. The fourth-order valence-corrected chi connectivity index (χ4v) is 2.72. The standard InChI is InChI=1S/C15H20N2OS/c1-11(2)17(10-13-5-4-8-19-13)15-9-12(18-3)6-7-14(15)16/h4-9,11H,10,16H2,1-3H3. The zero-order valence-electron chi connectivity index (χ0n) is 11.6. The average Bonchev–Trinajstić information content (AvgIpc) is 2.89. The molecule has 0 saturated heterocycles. The van der Waals surface area contributed by atoms with Crippen molar-refractivity contribution in [2.75, 3.05) is 17.7 Å². The van der Waals surface area contributed by atoms with Crippen LogP contribution in [0.5, 0.6) is 5.75 Å². The predicted octanol–water partition coefficient (Wildman–Crippen LogP) is 3.75. The van der Waals surface area contributed by atoms with Crippen molar-refractivity contribution in [2.24, 2.45) is 0 Å². The zero-order chi connectivity index (χ0) is 13.8. The van der Waals surface area contributed by atoms with Gasteiger partial charge in [-0.2, -0.15) is 0 Å². The summed E-state index contributed by atoms with van der Waals surface area (Å²) in [6.07, 6.45) is 0. The molecule has 2 rings (SSSR count). The number of hydrogen-bond acceptors (Lipinski definition) is 4. The maximum atomic E-state index is 6.12. The van der Waals surface area contributed by atoms with Gasteiger partial charge >= 0.3 is 0 Å². The van der Waals surface area contributed by atoms with Crippen LogP contribution in [-0.2, 0) is 6.54 Å². The maximum Gasteiger partial charge on any atom is 0.121 e. The molecule has 0 aliphatic heterocycles. The van der Waals surface area contributed by atoms with Gasteiger partial charge in [0.2, 0.25) is 0 Å². The van der Waals surface area contributed by atoms with Crippen LogP contribution >= 0.6 is 11.3 Å². The molecule has 0 saturated carbocycles. The van der Waals surface area contributed by atoms with Crippen molar-refractivity contribution in [3.63, 3.8) is 0 Å². The molecular weight excluding hydrogens is 256 g/mol. The van der Waals surface area contributed by atoms with Crippen molar-refractivity contribution in [3.05, 3.63) is 40.6 Å². The Hall–Kier alpha value is -1.68. The number of rotatable bonds is 5. The van der Waals surface area contributed by atoms with Crippen LogP contribution in [0.1, 0.15) is 18.7 Å². The lowest BCUT2D eigenvalue weighted by atomic mass is 10.2. The molecule has 0 aliphatic carbocycles. The number of hydrogen-bond donors (Lipinski definition) is 1. The molecule has 2 aromatic rings. The molecule has 102 valence electrons. The third-order valence-corrected chi connectivity index (χ3v) is 3.94. The molecule has 4 heteroatoms. The molecule has 0 radical (unpaired) electrons. The Balaban J connectivity index is 2.33. The van der Waals surface area contributed by atoms with E-state index in [9.17, 15) is 0 Å². The lowest BCUT2D eigenvalue weighted by Gasteiger charge is -2.30. The minimum absolute atomic E-state index is 0.372. The first kappa shape index (κ1) is 13.7. The number of nitrogen functional groups attached to an aromatic ring is 1. The second-order valence-corrected chi connectivity index (χ2v) is 5.76. The molecule has 2 N–H and O–H groups in total. The fourth-order valence-electron chi connectivity index (χ4n) is 2.02. The van der Waals surface area contributed by atoms with Crippen LogP contribution in [0.3, 0.4) is 0 Å². The number of nitrogens with two attached hydrogens (primary N) is 1. The van der Waals surface area contributed by atoms with Crippen molar-refractivity contribution in [2.45, 2.75) is 26.4 Å². The van der Waals surface area contributed by atoms with E-state index in [1.54, 1.807) is 18.4 Å². The Bertz CT molecular complexity index is 523. The van der Waals surface area contributed by atoms with Crippen LogP contribution in [0.25, 0.3) is 0 Å². The molecule has 19 heavy (non-hydrogen) atoms. The summed E-state index contributed by atoms with van der Waals surface area (Å²) in [6, 6.07) is 10.4. The molecular formula is C15H20N2OS. The summed E-state index contributed by atoms with van der Waals surface area (Å²) in [5.74, 6) is 0.834. The Kier molecular flexibility index (Phi) is 4.32. The smallest absolute Gasteiger partial charge is 0.121 e. The summed E-state index contributed by atoms with van der Waals surface area (Å²) >= 11 is 1.77. The van der Waals surface area contributed by atoms with Gasteiger partial charge in [0, 0.05) is 17.0 Å². The van der Waals surface area contributed by atoms with Crippen LogP contribution in [0, 0.1) is 0 Å². The molecule has 1 heterocycles. The quantitative estimate of drug-likeness (QED) is 0.845. The first-order chi connectivity index (χ1) is 9.11. The predicted molar refractivity (Wildman–Crippen MR) is 83.0 cm³/mol. The van der Waals surface area contributed by atoms with E-state index in [0.717, 1.165) is 23.7 Å². The molecule has 0 atom stereocenters. The van der Waals surface area contributed by atoms with Gasteiger partial charge in [0.05, 0.1) is 25.0 Å². The Morgan fingerprint density at radius 1 is 1.32 bits per heavy atom. The molecule has 0 spiro atoms. The Morgan fingerprint density at radius 3 is 2.68 bits per heavy atom. The van der Waals surface area contributed by atoms with Gasteiger partial charge in [-0.1, -0.05) is 6.07 Å². The van der Waals surface area contributed by atoms with E-state index in [2.05, 4.69) is 36.3 Å². The molecule has 0 amide bonds. The minimum Gasteiger partial charge on any atom is -0.497 e. The van der Waals surface area contributed by atoms with E-state index in [0.29, 0.717) is 6.04 Å². The minimum atomic E-state index is 0.372. The zero-order valence-corrected chi connectivity index (χ0v) is 12.4. The summed E-state index contributed by atoms with van der Waals surface area (Å²) in [7, 11) is 1.67. The number of thiophene rings is 1. The molecule has 3 nitrogen and oxygen atoms in total. The van der Waals surface area contributed by atoms with E-state index in [1.807, 2.05) is 18.2 Å². The van der Waals surface area contributed by atoms with Gasteiger partial charge < -0.3 is 15.4 Å².